The van der Waals surface area contributed by atoms with E-state index in [4.69, 9.17) is 4.99 Å². The fourth-order valence-electron chi connectivity index (χ4n) is 3.60. The highest BCUT2D eigenvalue weighted by atomic mass is 15.3. The minimum absolute atomic E-state index is 0.572. The Morgan fingerprint density at radius 3 is 2.17 bits per heavy atom. The van der Waals surface area contributed by atoms with Gasteiger partial charge in [-0.3, -0.25) is 4.99 Å². The molecule has 0 spiro atoms. The molecule has 1 aliphatic heterocycles. The zero-order chi connectivity index (χ0) is 13.1. The second-order valence-electron chi connectivity index (χ2n) is 6.62. The molecule has 18 heavy (non-hydrogen) atoms. The maximum Gasteiger partial charge on any atom is 0.102 e. The summed E-state index contributed by atoms with van der Waals surface area (Å²) in [7, 11) is 0. The molecule has 0 radical (unpaired) electrons. The maximum absolute atomic E-state index is 5.10. The zero-order valence-corrected chi connectivity index (χ0v) is 12.7. The third kappa shape index (κ3) is 2.89. The third-order valence-corrected chi connectivity index (χ3v) is 4.44. The summed E-state index contributed by atoms with van der Waals surface area (Å²) in [4.78, 5) is 7.74. The van der Waals surface area contributed by atoms with E-state index in [-0.39, 0.29) is 0 Å². The van der Waals surface area contributed by atoms with Crippen molar-refractivity contribution in [3.8, 4) is 0 Å². The van der Waals surface area contributed by atoms with Crippen molar-refractivity contribution in [2.75, 3.05) is 0 Å². The van der Waals surface area contributed by atoms with Gasteiger partial charge in [0.2, 0.25) is 0 Å². The number of amidine groups is 1. The Labute approximate surface area is 113 Å². The van der Waals surface area contributed by atoms with Crippen molar-refractivity contribution in [1.29, 1.82) is 0 Å². The van der Waals surface area contributed by atoms with Crippen molar-refractivity contribution in [3.63, 3.8) is 0 Å². The molecule has 2 unspecified atom stereocenters. The monoisotopic (exact) mass is 250 g/mol. The van der Waals surface area contributed by atoms with E-state index in [1.165, 1.54) is 50.8 Å². The van der Waals surface area contributed by atoms with Crippen LogP contribution in [0.25, 0.3) is 0 Å². The predicted octanol–water partition coefficient (Wildman–Crippen LogP) is 4.25. The van der Waals surface area contributed by atoms with Gasteiger partial charge in [-0.15, -0.1) is 0 Å². The van der Waals surface area contributed by atoms with E-state index < -0.39 is 0 Å². The van der Waals surface area contributed by atoms with Crippen LogP contribution in [0.3, 0.4) is 0 Å². The summed E-state index contributed by atoms with van der Waals surface area (Å²) < 4.78 is 0. The molecule has 0 aromatic rings. The van der Waals surface area contributed by atoms with E-state index in [1.54, 1.807) is 0 Å². The van der Waals surface area contributed by atoms with Crippen LogP contribution < -0.4 is 0 Å². The molecular weight excluding hydrogens is 220 g/mol. The number of rotatable bonds is 2. The van der Waals surface area contributed by atoms with Gasteiger partial charge in [-0.05, 0) is 26.7 Å². The van der Waals surface area contributed by atoms with Gasteiger partial charge in [0.05, 0.1) is 12.1 Å². The Morgan fingerprint density at radius 1 is 0.944 bits per heavy atom. The summed E-state index contributed by atoms with van der Waals surface area (Å²) in [5.74, 6) is 1.95. The summed E-state index contributed by atoms with van der Waals surface area (Å²) >= 11 is 0. The fourth-order valence-corrected chi connectivity index (χ4v) is 3.60. The Kier molecular flexibility index (Phi) is 4.69. The number of aliphatic imine (C=N–C) groups is 1. The van der Waals surface area contributed by atoms with Gasteiger partial charge in [0, 0.05) is 12.0 Å². The van der Waals surface area contributed by atoms with Crippen LogP contribution in [-0.4, -0.2) is 28.9 Å². The first-order valence-corrected chi connectivity index (χ1v) is 7.97. The van der Waals surface area contributed by atoms with Crippen LogP contribution in [-0.2, 0) is 0 Å². The molecule has 104 valence electrons. The van der Waals surface area contributed by atoms with E-state index in [0.29, 0.717) is 24.0 Å². The average Bonchev–Trinajstić information content (AvgIpc) is 2.69. The van der Waals surface area contributed by atoms with Gasteiger partial charge in [-0.25, -0.2) is 0 Å². The second-order valence-corrected chi connectivity index (χ2v) is 6.62. The summed E-state index contributed by atoms with van der Waals surface area (Å²) in [5, 5.41) is 0. The summed E-state index contributed by atoms with van der Waals surface area (Å²) in [6.45, 7) is 9.23. The Bertz CT molecular complexity index is 293. The van der Waals surface area contributed by atoms with Crippen LogP contribution in [0.5, 0.6) is 0 Å². The van der Waals surface area contributed by atoms with E-state index in [2.05, 4.69) is 32.6 Å². The molecule has 1 saturated carbocycles. The minimum Gasteiger partial charge on any atom is -0.353 e. The molecule has 2 aliphatic rings. The standard InChI is InChI=1S/C16H30N2/c1-12(2)16-17-14-10-8-6-5-7-9-11-15(14)18(16)13(3)4/h12-15H,5-11H2,1-4H3. The van der Waals surface area contributed by atoms with Crippen LogP contribution in [0, 0.1) is 5.92 Å². The van der Waals surface area contributed by atoms with E-state index >= 15 is 0 Å². The number of fused-ring (bicyclic) bond motifs is 1. The van der Waals surface area contributed by atoms with Crippen LogP contribution in [0.15, 0.2) is 4.99 Å². The molecule has 0 saturated heterocycles. The minimum atomic E-state index is 0.572. The molecule has 2 atom stereocenters. The van der Waals surface area contributed by atoms with Gasteiger partial charge in [-0.1, -0.05) is 46.0 Å². The van der Waals surface area contributed by atoms with Crippen LogP contribution in [0.4, 0.5) is 0 Å². The van der Waals surface area contributed by atoms with Crippen molar-refractivity contribution < 1.29 is 0 Å². The molecule has 0 bridgehead atoms. The predicted molar refractivity (Wildman–Crippen MR) is 79.1 cm³/mol. The molecule has 0 aromatic carbocycles. The van der Waals surface area contributed by atoms with Gasteiger partial charge in [0.1, 0.15) is 5.84 Å². The van der Waals surface area contributed by atoms with Crippen molar-refractivity contribution in [1.82, 2.24) is 4.90 Å². The molecule has 2 nitrogen and oxygen atoms in total. The number of hydrogen-bond acceptors (Lipinski definition) is 2. The smallest absolute Gasteiger partial charge is 0.102 e. The molecule has 0 aromatic heterocycles. The molecule has 0 amide bonds. The lowest BCUT2D eigenvalue weighted by Gasteiger charge is -2.35. The largest absolute Gasteiger partial charge is 0.353 e. The molecule has 1 fully saturated rings. The second kappa shape index (κ2) is 6.08. The van der Waals surface area contributed by atoms with E-state index in [1.807, 2.05) is 0 Å². The van der Waals surface area contributed by atoms with Crippen molar-refractivity contribution in [2.45, 2.75) is 90.8 Å². The first kappa shape index (κ1) is 13.9. The van der Waals surface area contributed by atoms with E-state index in [0.717, 1.165) is 0 Å². The van der Waals surface area contributed by atoms with Gasteiger partial charge in [0.25, 0.3) is 0 Å². The van der Waals surface area contributed by atoms with Gasteiger partial charge >= 0.3 is 0 Å². The number of nitrogens with zero attached hydrogens (tertiary/aromatic N) is 2. The van der Waals surface area contributed by atoms with Crippen LogP contribution >= 0.6 is 0 Å². The molecule has 2 rings (SSSR count). The molecule has 1 aliphatic carbocycles. The highest BCUT2D eigenvalue weighted by Gasteiger charge is 2.37. The van der Waals surface area contributed by atoms with Crippen LogP contribution in [0.2, 0.25) is 0 Å². The summed E-state index contributed by atoms with van der Waals surface area (Å²) in [5.41, 5.74) is 0. The van der Waals surface area contributed by atoms with Gasteiger partial charge in [-0.2, -0.15) is 0 Å². The molecule has 1 heterocycles. The Morgan fingerprint density at radius 2 is 1.56 bits per heavy atom. The van der Waals surface area contributed by atoms with Crippen molar-refractivity contribution in [2.24, 2.45) is 10.9 Å². The third-order valence-electron chi connectivity index (χ3n) is 4.44. The normalized spacial score (nSPS) is 29.9. The quantitative estimate of drug-likeness (QED) is 0.715. The Balaban J connectivity index is 2.18. The fraction of sp³-hybridized carbons (Fsp3) is 0.938. The molecule has 0 N–H and O–H groups in total. The zero-order valence-electron chi connectivity index (χ0n) is 12.7. The van der Waals surface area contributed by atoms with Gasteiger partial charge in [0.15, 0.2) is 0 Å². The summed E-state index contributed by atoms with van der Waals surface area (Å²) in [6.07, 6.45) is 9.70. The molecule has 2 heteroatoms. The SMILES string of the molecule is CC(C)C1=NC2CCCCCCCC2N1C(C)C. The highest BCUT2D eigenvalue weighted by molar-refractivity contribution is 5.86. The van der Waals surface area contributed by atoms with Gasteiger partial charge < -0.3 is 4.90 Å². The lowest BCUT2D eigenvalue weighted by molar-refractivity contribution is 0.231. The topological polar surface area (TPSA) is 15.6 Å². The first-order valence-electron chi connectivity index (χ1n) is 7.97. The van der Waals surface area contributed by atoms with Crippen LogP contribution in [0.1, 0.15) is 72.6 Å². The highest BCUT2D eigenvalue weighted by Crippen LogP contribution is 2.32. The molecular formula is C16H30N2. The van der Waals surface area contributed by atoms with E-state index in [9.17, 15) is 0 Å². The Hall–Kier alpha value is -0.530. The number of hydrogen-bond donors (Lipinski definition) is 0. The average molecular weight is 250 g/mol. The summed E-state index contributed by atoms with van der Waals surface area (Å²) in [6, 6.07) is 1.88. The maximum atomic E-state index is 5.10. The lowest BCUT2D eigenvalue weighted by Crippen LogP contribution is -2.45. The van der Waals surface area contributed by atoms with Crippen molar-refractivity contribution in [3.05, 3.63) is 0 Å². The lowest BCUT2D eigenvalue weighted by atomic mass is 9.98. The first-order chi connectivity index (χ1) is 8.61. The van der Waals surface area contributed by atoms with Crippen molar-refractivity contribution >= 4 is 5.84 Å².